The molecule has 1 unspecified atom stereocenters. The van der Waals surface area contributed by atoms with E-state index in [1.165, 1.54) is 23.5 Å². The SMILES string of the molecule is CCC(CO)c1csc(-c2ccc(F)cc2)n1. The molecule has 90 valence electrons. The molecular formula is C13H14FNOS. The van der Waals surface area contributed by atoms with Crippen molar-refractivity contribution in [3.63, 3.8) is 0 Å². The minimum absolute atomic E-state index is 0.0976. The Morgan fingerprint density at radius 3 is 2.65 bits per heavy atom. The molecule has 0 radical (unpaired) electrons. The summed E-state index contributed by atoms with van der Waals surface area (Å²) in [5, 5.41) is 12.0. The summed E-state index contributed by atoms with van der Waals surface area (Å²) in [5.74, 6) is -0.146. The molecule has 1 aromatic carbocycles. The Morgan fingerprint density at radius 2 is 2.06 bits per heavy atom. The first-order valence-corrected chi connectivity index (χ1v) is 6.44. The minimum atomic E-state index is -0.243. The van der Waals surface area contributed by atoms with Gasteiger partial charge in [0, 0.05) is 16.9 Å². The van der Waals surface area contributed by atoms with Crippen LogP contribution in [0.1, 0.15) is 25.0 Å². The Kier molecular flexibility index (Phi) is 3.86. The van der Waals surface area contributed by atoms with Gasteiger partial charge in [-0.05, 0) is 30.7 Å². The molecule has 0 saturated carbocycles. The number of hydrogen-bond acceptors (Lipinski definition) is 3. The van der Waals surface area contributed by atoms with Crippen molar-refractivity contribution < 1.29 is 9.50 Å². The lowest BCUT2D eigenvalue weighted by atomic mass is 10.1. The van der Waals surface area contributed by atoms with E-state index in [1.807, 2.05) is 12.3 Å². The number of aromatic nitrogens is 1. The number of aliphatic hydroxyl groups excluding tert-OH is 1. The van der Waals surface area contributed by atoms with Gasteiger partial charge in [0.2, 0.25) is 0 Å². The van der Waals surface area contributed by atoms with Crippen molar-refractivity contribution >= 4 is 11.3 Å². The van der Waals surface area contributed by atoms with Crippen LogP contribution < -0.4 is 0 Å². The van der Waals surface area contributed by atoms with Crippen LogP contribution in [0.3, 0.4) is 0 Å². The van der Waals surface area contributed by atoms with Gasteiger partial charge in [-0.1, -0.05) is 6.92 Å². The van der Waals surface area contributed by atoms with E-state index in [9.17, 15) is 9.50 Å². The second-order valence-corrected chi connectivity index (χ2v) is 4.73. The second-order valence-electron chi connectivity index (χ2n) is 3.87. The van der Waals surface area contributed by atoms with E-state index in [-0.39, 0.29) is 18.3 Å². The molecule has 1 heterocycles. The number of hydrogen-bond donors (Lipinski definition) is 1. The Bertz CT molecular complexity index is 476. The van der Waals surface area contributed by atoms with E-state index in [2.05, 4.69) is 4.98 Å². The summed E-state index contributed by atoms with van der Waals surface area (Å²) in [4.78, 5) is 4.49. The van der Waals surface area contributed by atoms with Gasteiger partial charge in [0.05, 0.1) is 12.3 Å². The standard InChI is InChI=1S/C13H14FNOS/c1-2-9(7-16)12-8-17-13(15-12)10-3-5-11(14)6-4-10/h3-6,8-9,16H,2,7H2,1H3. The van der Waals surface area contributed by atoms with Gasteiger partial charge in [-0.2, -0.15) is 0 Å². The Balaban J connectivity index is 2.26. The van der Waals surface area contributed by atoms with E-state index >= 15 is 0 Å². The third-order valence-electron chi connectivity index (χ3n) is 2.74. The molecule has 0 aliphatic rings. The average Bonchev–Trinajstić information content (AvgIpc) is 2.81. The van der Waals surface area contributed by atoms with Crippen molar-refractivity contribution in [2.75, 3.05) is 6.61 Å². The van der Waals surface area contributed by atoms with Crippen LogP contribution in [0.5, 0.6) is 0 Å². The highest BCUT2D eigenvalue weighted by Crippen LogP contribution is 2.28. The van der Waals surface area contributed by atoms with Gasteiger partial charge in [0.15, 0.2) is 0 Å². The molecule has 2 rings (SSSR count). The predicted molar refractivity (Wildman–Crippen MR) is 67.6 cm³/mol. The molecule has 0 fully saturated rings. The van der Waals surface area contributed by atoms with Gasteiger partial charge < -0.3 is 5.11 Å². The van der Waals surface area contributed by atoms with Crippen LogP contribution >= 0.6 is 11.3 Å². The lowest BCUT2D eigenvalue weighted by Gasteiger charge is -2.06. The number of rotatable bonds is 4. The van der Waals surface area contributed by atoms with Crippen LogP contribution in [0.15, 0.2) is 29.6 Å². The average molecular weight is 251 g/mol. The first-order chi connectivity index (χ1) is 8.24. The summed E-state index contributed by atoms with van der Waals surface area (Å²) in [7, 11) is 0. The molecule has 4 heteroatoms. The normalized spacial score (nSPS) is 12.6. The third kappa shape index (κ3) is 2.70. The first-order valence-electron chi connectivity index (χ1n) is 5.56. The summed E-state index contributed by atoms with van der Waals surface area (Å²) in [6.45, 7) is 2.14. The van der Waals surface area contributed by atoms with Gasteiger partial charge in [-0.25, -0.2) is 9.37 Å². The summed E-state index contributed by atoms with van der Waals surface area (Å²) < 4.78 is 12.8. The number of aliphatic hydroxyl groups is 1. The Hall–Kier alpha value is -1.26. The van der Waals surface area contributed by atoms with E-state index in [0.717, 1.165) is 22.7 Å². The van der Waals surface area contributed by atoms with Crippen LogP contribution in [0.4, 0.5) is 4.39 Å². The summed E-state index contributed by atoms with van der Waals surface area (Å²) in [5.41, 5.74) is 1.83. The molecule has 1 aromatic heterocycles. The summed E-state index contributed by atoms with van der Waals surface area (Å²) >= 11 is 1.52. The van der Waals surface area contributed by atoms with E-state index in [4.69, 9.17) is 0 Å². The zero-order valence-corrected chi connectivity index (χ0v) is 10.4. The maximum atomic E-state index is 12.8. The highest BCUT2D eigenvalue weighted by Gasteiger charge is 2.12. The largest absolute Gasteiger partial charge is 0.396 e. The van der Waals surface area contributed by atoms with Crippen molar-refractivity contribution in [1.29, 1.82) is 0 Å². The van der Waals surface area contributed by atoms with Crippen LogP contribution in [-0.2, 0) is 0 Å². The van der Waals surface area contributed by atoms with Gasteiger partial charge in [-0.3, -0.25) is 0 Å². The van der Waals surface area contributed by atoms with E-state index in [0.29, 0.717) is 0 Å². The lowest BCUT2D eigenvalue weighted by molar-refractivity contribution is 0.260. The van der Waals surface area contributed by atoms with Crippen LogP contribution in [-0.4, -0.2) is 16.7 Å². The van der Waals surface area contributed by atoms with Crippen molar-refractivity contribution in [1.82, 2.24) is 4.98 Å². The van der Waals surface area contributed by atoms with Crippen molar-refractivity contribution in [2.45, 2.75) is 19.3 Å². The molecule has 2 nitrogen and oxygen atoms in total. The fourth-order valence-electron chi connectivity index (χ4n) is 1.63. The molecule has 0 bridgehead atoms. The van der Waals surface area contributed by atoms with Gasteiger partial charge in [-0.15, -0.1) is 11.3 Å². The number of thiazole rings is 1. The van der Waals surface area contributed by atoms with E-state index in [1.54, 1.807) is 12.1 Å². The summed E-state index contributed by atoms with van der Waals surface area (Å²) in [6, 6.07) is 6.30. The predicted octanol–water partition coefficient (Wildman–Crippen LogP) is 3.44. The van der Waals surface area contributed by atoms with Crippen molar-refractivity contribution in [3.8, 4) is 10.6 Å². The van der Waals surface area contributed by atoms with Crippen LogP contribution in [0.25, 0.3) is 10.6 Å². The van der Waals surface area contributed by atoms with Crippen LogP contribution in [0.2, 0.25) is 0 Å². The van der Waals surface area contributed by atoms with Crippen molar-refractivity contribution in [3.05, 3.63) is 41.2 Å². The zero-order chi connectivity index (χ0) is 12.3. The number of benzene rings is 1. The monoisotopic (exact) mass is 251 g/mol. The lowest BCUT2D eigenvalue weighted by Crippen LogP contribution is -2.02. The second kappa shape index (κ2) is 5.38. The number of nitrogens with zero attached hydrogens (tertiary/aromatic N) is 1. The Labute approximate surface area is 104 Å². The van der Waals surface area contributed by atoms with Gasteiger partial charge in [0.1, 0.15) is 10.8 Å². The fraction of sp³-hybridized carbons (Fsp3) is 0.308. The molecule has 1 N–H and O–H groups in total. The number of halogens is 1. The summed E-state index contributed by atoms with van der Waals surface area (Å²) in [6.07, 6.45) is 0.864. The highest BCUT2D eigenvalue weighted by atomic mass is 32.1. The van der Waals surface area contributed by atoms with Gasteiger partial charge >= 0.3 is 0 Å². The quantitative estimate of drug-likeness (QED) is 0.903. The molecule has 17 heavy (non-hydrogen) atoms. The molecule has 0 aliphatic carbocycles. The smallest absolute Gasteiger partial charge is 0.123 e. The van der Waals surface area contributed by atoms with Crippen molar-refractivity contribution in [2.24, 2.45) is 0 Å². The molecule has 0 saturated heterocycles. The highest BCUT2D eigenvalue weighted by molar-refractivity contribution is 7.13. The fourth-order valence-corrected chi connectivity index (χ4v) is 2.54. The molecule has 0 spiro atoms. The minimum Gasteiger partial charge on any atom is -0.396 e. The third-order valence-corrected chi connectivity index (χ3v) is 3.65. The molecular weight excluding hydrogens is 237 g/mol. The van der Waals surface area contributed by atoms with E-state index < -0.39 is 0 Å². The molecule has 1 atom stereocenters. The molecule has 2 aromatic rings. The topological polar surface area (TPSA) is 33.1 Å². The first kappa shape index (κ1) is 12.2. The van der Waals surface area contributed by atoms with Gasteiger partial charge in [0.25, 0.3) is 0 Å². The van der Waals surface area contributed by atoms with Crippen LogP contribution in [0, 0.1) is 5.82 Å². The zero-order valence-electron chi connectivity index (χ0n) is 9.56. The maximum Gasteiger partial charge on any atom is 0.123 e. The Morgan fingerprint density at radius 1 is 1.35 bits per heavy atom. The maximum absolute atomic E-state index is 12.8. The molecule has 0 amide bonds. The molecule has 0 aliphatic heterocycles.